The van der Waals surface area contributed by atoms with Gasteiger partial charge in [-0.3, -0.25) is 10.1 Å². The van der Waals surface area contributed by atoms with E-state index < -0.39 is 10.9 Å². The molecule has 2 aromatic rings. The average molecular weight is 344 g/mol. The largest absolute Gasteiger partial charge is 0.459 e. The predicted octanol–water partition coefficient (Wildman–Crippen LogP) is 2.42. The third-order valence-corrected chi connectivity index (χ3v) is 4.50. The summed E-state index contributed by atoms with van der Waals surface area (Å²) in [6, 6.07) is 6.40. The number of carbonyl (C=O) groups is 1. The van der Waals surface area contributed by atoms with Crippen LogP contribution in [0.4, 0.5) is 5.69 Å². The monoisotopic (exact) mass is 344 g/mol. The van der Waals surface area contributed by atoms with E-state index in [1.807, 2.05) is 14.1 Å². The Morgan fingerprint density at radius 3 is 2.64 bits per heavy atom. The van der Waals surface area contributed by atoms with E-state index in [-0.39, 0.29) is 11.8 Å². The van der Waals surface area contributed by atoms with Crippen molar-refractivity contribution in [3.8, 4) is 5.69 Å². The van der Waals surface area contributed by atoms with Gasteiger partial charge in [0.1, 0.15) is 6.10 Å². The topological polar surface area (TPSA) is 90.5 Å². The van der Waals surface area contributed by atoms with E-state index in [4.69, 9.17) is 4.74 Å². The van der Waals surface area contributed by atoms with E-state index in [9.17, 15) is 14.9 Å². The van der Waals surface area contributed by atoms with Crippen LogP contribution >= 0.6 is 0 Å². The van der Waals surface area contributed by atoms with Crippen molar-refractivity contribution in [3.63, 3.8) is 0 Å². The van der Waals surface area contributed by atoms with E-state index in [2.05, 4.69) is 10.00 Å². The van der Waals surface area contributed by atoms with Crippen LogP contribution in [0, 0.1) is 10.1 Å². The number of hydrogen-bond acceptors (Lipinski definition) is 6. The first kappa shape index (κ1) is 17.1. The number of benzene rings is 1. The summed E-state index contributed by atoms with van der Waals surface area (Å²) in [4.78, 5) is 24.7. The molecule has 1 fully saturated rings. The summed E-state index contributed by atoms with van der Waals surface area (Å²) in [5.74, 6) is -0.391. The molecule has 25 heavy (non-hydrogen) atoms. The van der Waals surface area contributed by atoms with Crippen LogP contribution in [0.1, 0.15) is 29.6 Å². The zero-order chi connectivity index (χ0) is 18.0. The van der Waals surface area contributed by atoms with Gasteiger partial charge in [0.05, 0.1) is 22.4 Å². The number of hydrogen-bond donors (Lipinski definition) is 0. The van der Waals surface area contributed by atoms with Crippen LogP contribution in [0.15, 0.2) is 36.7 Å². The highest BCUT2D eigenvalue weighted by molar-refractivity contribution is 5.89. The van der Waals surface area contributed by atoms with Crippen molar-refractivity contribution in [3.05, 3.63) is 52.3 Å². The maximum Gasteiger partial charge on any atom is 0.341 e. The quantitative estimate of drug-likeness (QED) is 0.470. The molecule has 0 saturated heterocycles. The molecular formula is C17H20N4O4. The second-order valence-electron chi connectivity index (χ2n) is 6.40. The zero-order valence-corrected chi connectivity index (χ0v) is 14.2. The van der Waals surface area contributed by atoms with Crippen molar-refractivity contribution in [1.29, 1.82) is 0 Å². The van der Waals surface area contributed by atoms with Gasteiger partial charge < -0.3 is 9.64 Å². The van der Waals surface area contributed by atoms with Crippen LogP contribution in [-0.2, 0) is 4.74 Å². The van der Waals surface area contributed by atoms with Gasteiger partial charge in [-0.15, -0.1) is 0 Å². The number of nitrogens with zero attached hydrogens (tertiary/aromatic N) is 4. The Morgan fingerprint density at radius 2 is 2.04 bits per heavy atom. The van der Waals surface area contributed by atoms with Crippen LogP contribution in [0.2, 0.25) is 0 Å². The first-order valence-electron chi connectivity index (χ1n) is 8.11. The highest BCUT2D eigenvalue weighted by atomic mass is 16.6. The first-order valence-corrected chi connectivity index (χ1v) is 8.11. The second-order valence-corrected chi connectivity index (χ2v) is 6.40. The Kier molecular flexibility index (Phi) is 4.80. The molecule has 0 spiro atoms. The molecule has 1 aliphatic carbocycles. The highest BCUT2D eigenvalue weighted by Crippen LogP contribution is 2.26. The molecule has 8 nitrogen and oxygen atoms in total. The lowest BCUT2D eigenvalue weighted by Crippen LogP contribution is -2.26. The minimum atomic E-state index is -0.460. The maximum atomic E-state index is 12.3. The van der Waals surface area contributed by atoms with Crippen molar-refractivity contribution >= 4 is 11.7 Å². The zero-order valence-electron chi connectivity index (χ0n) is 14.2. The first-order chi connectivity index (χ1) is 11.9. The van der Waals surface area contributed by atoms with Gasteiger partial charge >= 0.3 is 5.97 Å². The summed E-state index contributed by atoms with van der Waals surface area (Å²) in [6.07, 6.45) is 5.68. The summed E-state index contributed by atoms with van der Waals surface area (Å²) in [5.41, 5.74) is 1.01. The molecular weight excluding hydrogens is 324 g/mol. The smallest absolute Gasteiger partial charge is 0.341 e. The molecule has 0 radical (unpaired) electrons. The van der Waals surface area contributed by atoms with E-state index in [0.29, 0.717) is 17.3 Å². The third kappa shape index (κ3) is 3.85. The molecule has 1 aromatic carbocycles. The molecule has 0 aliphatic heterocycles. The lowest BCUT2D eigenvalue weighted by molar-refractivity contribution is -0.384. The lowest BCUT2D eigenvalue weighted by Gasteiger charge is -2.18. The molecule has 1 heterocycles. The molecule has 3 rings (SSSR count). The van der Waals surface area contributed by atoms with E-state index >= 15 is 0 Å². The number of non-ortho nitro benzene ring substituents is 1. The van der Waals surface area contributed by atoms with Crippen LogP contribution in [-0.4, -0.2) is 51.8 Å². The van der Waals surface area contributed by atoms with Gasteiger partial charge in [-0.25, -0.2) is 9.48 Å². The molecule has 132 valence electrons. The minimum Gasteiger partial charge on any atom is -0.459 e. The Morgan fingerprint density at radius 1 is 1.32 bits per heavy atom. The minimum absolute atomic E-state index is 0.00668. The number of aromatic nitrogens is 2. The van der Waals surface area contributed by atoms with Crippen molar-refractivity contribution in [2.75, 3.05) is 14.1 Å². The molecule has 1 aromatic heterocycles. The van der Waals surface area contributed by atoms with Crippen LogP contribution in [0.3, 0.4) is 0 Å². The molecule has 2 atom stereocenters. The Labute approximate surface area is 145 Å². The molecule has 1 saturated carbocycles. The van der Waals surface area contributed by atoms with E-state index in [1.54, 1.807) is 18.3 Å². The van der Waals surface area contributed by atoms with Crippen LogP contribution in [0.5, 0.6) is 0 Å². The standard InChI is InChI=1S/C17H20N4O4/c1-19(2)15-7-8-16(9-15)25-17(22)12-10-18-20(11-12)13-3-5-14(6-4-13)21(23)24/h3-6,10-11,15-16H,7-9H2,1-2H3. The number of nitro groups is 1. The van der Waals surface area contributed by atoms with Gasteiger partial charge in [0.15, 0.2) is 0 Å². The normalized spacial score (nSPS) is 20.0. The lowest BCUT2D eigenvalue weighted by atomic mass is 10.2. The molecule has 0 bridgehead atoms. The number of nitro benzene ring substituents is 1. The van der Waals surface area contributed by atoms with Gasteiger partial charge in [-0.2, -0.15) is 5.10 Å². The number of ether oxygens (including phenoxy) is 1. The van der Waals surface area contributed by atoms with Gasteiger partial charge in [-0.05, 0) is 45.5 Å². The summed E-state index contributed by atoms with van der Waals surface area (Å²) >= 11 is 0. The van der Waals surface area contributed by atoms with Crippen LogP contribution in [0.25, 0.3) is 5.69 Å². The fourth-order valence-electron chi connectivity index (χ4n) is 3.01. The number of carbonyl (C=O) groups excluding carboxylic acids is 1. The fraction of sp³-hybridized carbons (Fsp3) is 0.412. The third-order valence-electron chi connectivity index (χ3n) is 4.50. The van der Waals surface area contributed by atoms with Crippen molar-refractivity contribution < 1.29 is 14.5 Å². The summed E-state index contributed by atoms with van der Waals surface area (Å²) < 4.78 is 7.07. The Bertz CT molecular complexity index is 769. The summed E-state index contributed by atoms with van der Waals surface area (Å²) in [5, 5.41) is 14.8. The second kappa shape index (κ2) is 7.02. The predicted molar refractivity (Wildman–Crippen MR) is 90.7 cm³/mol. The van der Waals surface area contributed by atoms with Gasteiger partial charge in [0, 0.05) is 24.4 Å². The van der Waals surface area contributed by atoms with Gasteiger partial charge in [-0.1, -0.05) is 0 Å². The van der Waals surface area contributed by atoms with Crippen molar-refractivity contribution in [2.45, 2.75) is 31.4 Å². The van der Waals surface area contributed by atoms with Crippen LogP contribution < -0.4 is 0 Å². The van der Waals surface area contributed by atoms with Gasteiger partial charge in [0.2, 0.25) is 0 Å². The molecule has 1 aliphatic rings. The number of rotatable bonds is 5. The molecule has 2 unspecified atom stereocenters. The van der Waals surface area contributed by atoms with Crippen molar-refractivity contribution in [1.82, 2.24) is 14.7 Å². The van der Waals surface area contributed by atoms with E-state index in [0.717, 1.165) is 19.3 Å². The van der Waals surface area contributed by atoms with E-state index in [1.165, 1.54) is 23.0 Å². The van der Waals surface area contributed by atoms with Gasteiger partial charge in [0.25, 0.3) is 5.69 Å². The molecule has 0 N–H and O–H groups in total. The Balaban J connectivity index is 1.65. The highest BCUT2D eigenvalue weighted by Gasteiger charge is 2.29. The SMILES string of the molecule is CN(C)C1CCC(OC(=O)c2cnn(-c3ccc([N+](=O)[O-])cc3)c2)C1. The average Bonchev–Trinajstić information content (AvgIpc) is 3.24. The Hall–Kier alpha value is -2.74. The van der Waals surface area contributed by atoms with Crippen molar-refractivity contribution in [2.24, 2.45) is 0 Å². The fourth-order valence-corrected chi connectivity index (χ4v) is 3.01. The molecule has 8 heteroatoms. The molecule has 0 amide bonds. The maximum absolute atomic E-state index is 12.3. The summed E-state index contributed by atoms with van der Waals surface area (Å²) in [6.45, 7) is 0. The summed E-state index contributed by atoms with van der Waals surface area (Å²) in [7, 11) is 4.06. The number of esters is 1.